The zero-order valence-electron chi connectivity index (χ0n) is 36.7. The van der Waals surface area contributed by atoms with Gasteiger partial charge in [-0.3, -0.25) is 19.2 Å². The van der Waals surface area contributed by atoms with Crippen LogP contribution in [0.15, 0.2) is 0 Å². The van der Waals surface area contributed by atoms with Crippen LogP contribution in [-0.2, 0) is 23.9 Å². The Morgan fingerprint density at radius 1 is 0.554 bits per heavy atom. The van der Waals surface area contributed by atoms with Gasteiger partial charge in [-0.1, -0.05) is 134 Å². The molecule has 56 heavy (non-hydrogen) atoms. The summed E-state index contributed by atoms with van der Waals surface area (Å²) in [6.07, 6.45) is 1.80. The topological polar surface area (TPSA) is 99.3 Å². The molecular weight excluding hydrogens is 741 g/mol. The highest BCUT2D eigenvalue weighted by atomic mass is 32.2. The van der Waals surface area contributed by atoms with Crippen molar-refractivity contribution < 1.29 is 23.9 Å². The molecule has 0 aliphatic rings. The van der Waals surface area contributed by atoms with Crippen LogP contribution in [-0.4, -0.2) is 126 Å². The van der Waals surface area contributed by atoms with Crippen LogP contribution in [0.3, 0.4) is 0 Å². The summed E-state index contributed by atoms with van der Waals surface area (Å²) in [4.78, 5) is 50.9. The SMILES string of the molecule is C.C.C.C.C.CC(C)C(=O)N(C)CCN(C)C(C)C.CC(C)NCCN(C)C(=O)C(C)C.CC(C)SCCCC(=O)C(C)C.CC(C)SCCOC(=O)C(C)C. The second kappa shape index (κ2) is 46.4. The van der Waals surface area contributed by atoms with Gasteiger partial charge in [-0.15, -0.1) is 0 Å². The maximum Gasteiger partial charge on any atom is 0.308 e. The Morgan fingerprint density at radius 2 is 0.964 bits per heavy atom. The Hall–Kier alpha value is -1.30. The summed E-state index contributed by atoms with van der Waals surface area (Å²) in [6.45, 7) is 36.5. The second-order valence-electron chi connectivity index (χ2n) is 15.4. The van der Waals surface area contributed by atoms with Crippen LogP contribution in [0.25, 0.3) is 0 Å². The number of amides is 2. The van der Waals surface area contributed by atoms with Gasteiger partial charge < -0.3 is 24.8 Å². The Bertz CT molecular complexity index is 851. The maximum absolute atomic E-state index is 11.5. The standard InChI is InChI=1S/C11H24N2O.C10H22N2O.C10H20OS.C9H18O2S.5CH4/c1-9(2)11(14)13(6)8-7-12(5)10(3)4;1-8(2)10(13)12(5)7-6-11-9(3)4;1-8(2)10(11)6-5-7-12-9(3)4;1-7(2)9(10)11-5-6-12-8(3)4;;;;;/h9-10H,7-8H2,1-6H3;8-9,11H,6-7H2,1-5H3;8-9H,5-7H2,1-4H3;7-8H,5-6H2,1-4H3;5*1H4. The molecule has 11 heteroatoms. The highest BCUT2D eigenvalue weighted by Gasteiger charge is 2.14. The average Bonchev–Trinajstić information content (AvgIpc) is 3.02. The van der Waals surface area contributed by atoms with E-state index in [0.29, 0.717) is 35.0 Å². The number of ether oxygens (including phenoxy) is 1. The molecule has 0 heterocycles. The van der Waals surface area contributed by atoms with E-state index in [1.165, 1.54) is 0 Å². The van der Waals surface area contributed by atoms with E-state index in [4.69, 9.17) is 4.74 Å². The first-order valence-corrected chi connectivity index (χ1v) is 21.3. The molecule has 0 radical (unpaired) electrons. The Morgan fingerprint density at radius 3 is 1.30 bits per heavy atom. The smallest absolute Gasteiger partial charge is 0.308 e. The number of hydrogen-bond donors (Lipinski definition) is 1. The van der Waals surface area contributed by atoms with E-state index in [2.05, 4.69) is 72.7 Å². The van der Waals surface area contributed by atoms with Crippen molar-refractivity contribution in [2.75, 3.05) is 65.4 Å². The molecule has 2 amide bonds. The lowest BCUT2D eigenvalue weighted by molar-refractivity contribution is -0.146. The largest absolute Gasteiger partial charge is 0.465 e. The van der Waals surface area contributed by atoms with E-state index in [1.54, 1.807) is 4.90 Å². The quantitative estimate of drug-likeness (QED) is 0.0894. The number of esters is 1. The fraction of sp³-hybridized carbons (Fsp3) is 0.911. The molecule has 0 rings (SSSR count). The summed E-state index contributed by atoms with van der Waals surface area (Å²) in [5, 5.41) is 4.58. The van der Waals surface area contributed by atoms with Gasteiger partial charge in [0, 0.05) is 82.3 Å². The van der Waals surface area contributed by atoms with Crippen molar-refractivity contribution in [3.8, 4) is 0 Å². The molecule has 1 N–H and O–H groups in total. The van der Waals surface area contributed by atoms with Gasteiger partial charge in [0.15, 0.2) is 0 Å². The number of rotatable bonds is 21. The lowest BCUT2D eigenvalue weighted by atomic mass is 10.1. The first-order valence-electron chi connectivity index (χ1n) is 19.2. The summed E-state index contributed by atoms with van der Waals surface area (Å²) < 4.78 is 4.99. The average molecular weight is 845 g/mol. The normalized spacial score (nSPS) is 10.1. The fourth-order valence-electron chi connectivity index (χ4n) is 3.64. The van der Waals surface area contributed by atoms with Gasteiger partial charge in [0.05, 0.1) is 5.92 Å². The van der Waals surface area contributed by atoms with E-state index in [1.807, 2.05) is 97.9 Å². The molecule has 0 aromatic heterocycles. The molecule has 0 unspecified atom stereocenters. The molecule has 0 saturated carbocycles. The highest BCUT2D eigenvalue weighted by molar-refractivity contribution is 8.00. The van der Waals surface area contributed by atoms with E-state index in [9.17, 15) is 19.2 Å². The van der Waals surface area contributed by atoms with Crippen molar-refractivity contribution in [2.24, 2.45) is 23.7 Å². The zero-order valence-corrected chi connectivity index (χ0v) is 38.3. The van der Waals surface area contributed by atoms with Crippen molar-refractivity contribution >= 4 is 47.1 Å². The monoisotopic (exact) mass is 845 g/mol. The van der Waals surface area contributed by atoms with E-state index in [0.717, 1.165) is 50.5 Å². The first kappa shape index (κ1) is 75.5. The number of Topliss-reactive ketones (excluding diaryl/α,β-unsaturated/α-hetero) is 1. The summed E-state index contributed by atoms with van der Waals surface area (Å²) in [7, 11) is 5.80. The van der Waals surface area contributed by atoms with Crippen LogP contribution in [0.2, 0.25) is 0 Å². The lowest BCUT2D eigenvalue weighted by Gasteiger charge is -2.25. The third kappa shape index (κ3) is 52.7. The van der Waals surface area contributed by atoms with Crippen molar-refractivity contribution in [2.45, 2.75) is 183 Å². The van der Waals surface area contributed by atoms with Crippen molar-refractivity contribution in [1.82, 2.24) is 20.0 Å². The Labute approximate surface area is 362 Å². The van der Waals surface area contributed by atoms with Crippen molar-refractivity contribution in [3.05, 3.63) is 0 Å². The summed E-state index contributed by atoms with van der Waals surface area (Å²) in [5.41, 5.74) is 0. The minimum Gasteiger partial charge on any atom is -0.465 e. The van der Waals surface area contributed by atoms with Crippen LogP contribution >= 0.6 is 23.5 Å². The number of carbonyl (C=O) groups excluding carboxylic acids is 4. The Balaban J connectivity index is -0.0000000731. The van der Waals surface area contributed by atoms with Crippen molar-refractivity contribution in [3.63, 3.8) is 0 Å². The van der Waals surface area contributed by atoms with Crippen LogP contribution < -0.4 is 5.32 Å². The van der Waals surface area contributed by atoms with Gasteiger partial charge >= 0.3 is 5.97 Å². The van der Waals surface area contributed by atoms with Gasteiger partial charge in [0.2, 0.25) is 11.8 Å². The fourth-order valence-corrected chi connectivity index (χ4v) is 5.07. The molecule has 0 aliphatic carbocycles. The van der Waals surface area contributed by atoms with Crippen LogP contribution in [0.4, 0.5) is 0 Å². The number of likely N-dealkylation sites (N-methyl/N-ethyl adjacent to an activating group) is 3. The molecule has 0 fully saturated rings. The van der Waals surface area contributed by atoms with E-state index < -0.39 is 0 Å². The number of nitrogens with zero attached hydrogens (tertiary/aromatic N) is 3. The molecule has 0 aliphatic heterocycles. The molecular formula is C45H104N4O5S2. The van der Waals surface area contributed by atoms with Gasteiger partial charge in [0.25, 0.3) is 0 Å². The van der Waals surface area contributed by atoms with E-state index in [-0.39, 0.29) is 78.6 Å². The molecule has 346 valence electrons. The molecule has 0 aromatic rings. The minimum absolute atomic E-state index is 0. The number of nitrogens with one attached hydrogen (secondary N) is 1. The summed E-state index contributed by atoms with van der Waals surface area (Å²) in [5.74, 6) is 3.18. The Kier molecular flexibility index (Phi) is 62.6. The predicted molar refractivity (Wildman–Crippen MR) is 260 cm³/mol. The summed E-state index contributed by atoms with van der Waals surface area (Å²) >= 11 is 3.74. The number of thioether (sulfide) groups is 2. The van der Waals surface area contributed by atoms with Gasteiger partial charge in [-0.05, 0) is 43.6 Å². The van der Waals surface area contributed by atoms with Gasteiger partial charge in [0.1, 0.15) is 12.4 Å². The van der Waals surface area contributed by atoms with Gasteiger partial charge in [-0.2, -0.15) is 23.5 Å². The number of hydrogen-bond acceptors (Lipinski definition) is 9. The third-order valence-corrected chi connectivity index (χ3v) is 9.58. The molecule has 0 bridgehead atoms. The summed E-state index contributed by atoms with van der Waals surface area (Å²) in [6, 6.07) is 1.03. The number of ketones is 1. The highest BCUT2D eigenvalue weighted by Crippen LogP contribution is 2.13. The van der Waals surface area contributed by atoms with Gasteiger partial charge in [-0.25, -0.2) is 0 Å². The minimum atomic E-state index is -0.0978. The van der Waals surface area contributed by atoms with Crippen LogP contribution in [0.5, 0.6) is 0 Å². The molecule has 0 spiro atoms. The van der Waals surface area contributed by atoms with E-state index >= 15 is 0 Å². The molecule has 9 nitrogen and oxygen atoms in total. The number of carbonyl (C=O) groups is 4. The van der Waals surface area contributed by atoms with Crippen molar-refractivity contribution in [1.29, 1.82) is 0 Å². The second-order valence-corrected chi connectivity index (χ2v) is 18.8. The molecule has 0 aromatic carbocycles. The molecule has 0 saturated heterocycles. The first-order chi connectivity index (χ1) is 23.4. The van der Waals surface area contributed by atoms with Crippen LogP contribution in [0, 0.1) is 23.7 Å². The van der Waals surface area contributed by atoms with Crippen LogP contribution in [0.1, 0.15) is 161 Å². The molecule has 0 atom stereocenters. The third-order valence-electron chi connectivity index (χ3n) is 7.32. The predicted octanol–water partition coefficient (Wildman–Crippen LogP) is 11.2. The zero-order chi connectivity index (χ0) is 40.9. The lowest BCUT2D eigenvalue weighted by Crippen LogP contribution is -2.38. The maximum atomic E-state index is 11.5.